The van der Waals surface area contributed by atoms with Crippen LogP contribution in [0.4, 0.5) is 21.9 Å². The summed E-state index contributed by atoms with van der Waals surface area (Å²) in [5, 5.41) is 2.81. The lowest BCUT2D eigenvalue weighted by Gasteiger charge is -2.19. The molecule has 0 atom stereocenters. The van der Waals surface area contributed by atoms with Crippen molar-refractivity contribution in [2.75, 3.05) is 23.0 Å². The molecule has 0 aliphatic rings. The molecule has 0 fully saturated rings. The zero-order valence-electron chi connectivity index (χ0n) is 10.9. The third-order valence-corrected chi connectivity index (χ3v) is 2.80. The molecule has 3 N–H and O–H groups in total. The number of hydrogen-bond acceptors (Lipinski definition) is 3. The number of hydrogen-bond donors (Lipinski definition) is 2. The summed E-state index contributed by atoms with van der Waals surface area (Å²) in [5.74, 6) is 0. The summed E-state index contributed by atoms with van der Waals surface area (Å²) in [4.78, 5) is 17.4. The molecule has 0 aliphatic carbocycles. The average molecular weight is 256 g/mol. The highest BCUT2D eigenvalue weighted by Crippen LogP contribution is 2.20. The van der Waals surface area contributed by atoms with Gasteiger partial charge in [0.15, 0.2) is 0 Å². The summed E-state index contributed by atoms with van der Waals surface area (Å²) in [5.41, 5.74) is 8.76. The number of aryl methyl sites for hydroxylation is 1. The normalized spacial score (nSPS) is 10.0. The molecular formula is C14H16N4O. The van der Waals surface area contributed by atoms with Crippen molar-refractivity contribution < 1.29 is 4.79 Å². The van der Waals surface area contributed by atoms with Crippen LogP contribution in [0.25, 0.3) is 0 Å². The Kier molecular flexibility index (Phi) is 3.66. The lowest BCUT2D eigenvalue weighted by molar-refractivity contribution is 0.258. The van der Waals surface area contributed by atoms with E-state index in [1.54, 1.807) is 19.3 Å². The first kappa shape index (κ1) is 12.9. The molecular weight excluding hydrogens is 240 g/mol. The van der Waals surface area contributed by atoms with E-state index in [-0.39, 0.29) is 6.03 Å². The number of nitrogen functional groups attached to an aromatic ring is 1. The second kappa shape index (κ2) is 5.39. The maximum absolute atomic E-state index is 12.1. The summed E-state index contributed by atoms with van der Waals surface area (Å²) < 4.78 is 0. The van der Waals surface area contributed by atoms with Gasteiger partial charge in [0.2, 0.25) is 0 Å². The number of carbonyl (C=O) groups excluding carboxylic acids is 1. The average Bonchev–Trinajstić information content (AvgIpc) is 2.41. The number of nitrogens with zero attached hydrogens (tertiary/aromatic N) is 2. The highest BCUT2D eigenvalue weighted by atomic mass is 16.2. The SMILES string of the molecule is Cc1ccc(NC(=O)N(C)c2ccncc2N)cc1. The van der Waals surface area contributed by atoms with Crippen LogP contribution < -0.4 is 16.0 Å². The highest BCUT2D eigenvalue weighted by Gasteiger charge is 2.13. The zero-order valence-corrected chi connectivity index (χ0v) is 10.9. The van der Waals surface area contributed by atoms with Crippen molar-refractivity contribution in [2.45, 2.75) is 6.92 Å². The van der Waals surface area contributed by atoms with Gasteiger partial charge in [-0.2, -0.15) is 0 Å². The number of aromatic nitrogens is 1. The van der Waals surface area contributed by atoms with Gasteiger partial charge in [-0.1, -0.05) is 17.7 Å². The summed E-state index contributed by atoms with van der Waals surface area (Å²) >= 11 is 0. The van der Waals surface area contributed by atoms with Gasteiger partial charge in [0.1, 0.15) is 0 Å². The summed E-state index contributed by atoms with van der Waals surface area (Å²) in [7, 11) is 1.66. The van der Waals surface area contributed by atoms with Crippen LogP contribution in [0.1, 0.15) is 5.56 Å². The molecule has 2 rings (SSSR count). The second-order valence-electron chi connectivity index (χ2n) is 4.29. The number of urea groups is 1. The molecule has 5 nitrogen and oxygen atoms in total. The van der Waals surface area contributed by atoms with Crippen LogP contribution in [0, 0.1) is 6.92 Å². The maximum Gasteiger partial charge on any atom is 0.326 e. The number of nitrogens with two attached hydrogens (primary N) is 1. The Balaban J connectivity index is 2.12. The van der Waals surface area contributed by atoms with Crippen molar-refractivity contribution in [3.63, 3.8) is 0 Å². The first-order valence-corrected chi connectivity index (χ1v) is 5.89. The van der Waals surface area contributed by atoms with E-state index in [2.05, 4.69) is 10.3 Å². The molecule has 0 unspecified atom stereocenters. The van der Waals surface area contributed by atoms with Gasteiger partial charge in [0.25, 0.3) is 0 Å². The van der Waals surface area contributed by atoms with Crippen molar-refractivity contribution in [1.82, 2.24) is 4.98 Å². The minimum Gasteiger partial charge on any atom is -0.396 e. The highest BCUT2D eigenvalue weighted by molar-refractivity contribution is 6.02. The van der Waals surface area contributed by atoms with E-state index in [1.165, 1.54) is 11.1 Å². The van der Waals surface area contributed by atoms with Gasteiger partial charge in [0, 0.05) is 18.9 Å². The minimum absolute atomic E-state index is 0.248. The number of rotatable bonds is 2. The molecule has 0 bridgehead atoms. The molecule has 5 heteroatoms. The molecule has 1 aromatic carbocycles. The molecule has 0 aliphatic heterocycles. The smallest absolute Gasteiger partial charge is 0.326 e. The minimum atomic E-state index is -0.248. The van der Waals surface area contributed by atoms with E-state index in [9.17, 15) is 4.79 Å². The molecule has 19 heavy (non-hydrogen) atoms. The molecule has 2 aromatic rings. The van der Waals surface area contributed by atoms with Gasteiger partial charge in [0.05, 0.1) is 17.6 Å². The van der Waals surface area contributed by atoms with Crippen molar-refractivity contribution in [3.8, 4) is 0 Å². The van der Waals surface area contributed by atoms with Crippen molar-refractivity contribution >= 4 is 23.1 Å². The monoisotopic (exact) mass is 256 g/mol. The summed E-state index contributed by atoms with van der Waals surface area (Å²) in [6.45, 7) is 2.00. The number of benzene rings is 1. The number of amides is 2. The third kappa shape index (κ3) is 3.01. The van der Waals surface area contributed by atoms with Crippen molar-refractivity contribution in [3.05, 3.63) is 48.3 Å². The van der Waals surface area contributed by atoms with Crippen LogP contribution in [0.2, 0.25) is 0 Å². The summed E-state index contributed by atoms with van der Waals surface area (Å²) in [6.07, 6.45) is 3.12. The van der Waals surface area contributed by atoms with E-state index in [0.29, 0.717) is 11.4 Å². The fourth-order valence-corrected chi connectivity index (χ4v) is 1.66. The van der Waals surface area contributed by atoms with Gasteiger partial charge >= 0.3 is 6.03 Å². The van der Waals surface area contributed by atoms with Gasteiger partial charge in [-0.25, -0.2) is 4.79 Å². The van der Waals surface area contributed by atoms with E-state index >= 15 is 0 Å². The molecule has 0 spiro atoms. The van der Waals surface area contributed by atoms with Gasteiger partial charge in [-0.3, -0.25) is 9.88 Å². The van der Waals surface area contributed by atoms with E-state index in [1.807, 2.05) is 31.2 Å². The molecule has 2 amide bonds. The fourth-order valence-electron chi connectivity index (χ4n) is 1.66. The molecule has 0 saturated heterocycles. The van der Waals surface area contributed by atoms with E-state index in [4.69, 9.17) is 5.73 Å². The largest absolute Gasteiger partial charge is 0.396 e. The second-order valence-corrected chi connectivity index (χ2v) is 4.29. The Bertz CT molecular complexity index is 580. The van der Waals surface area contributed by atoms with Crippen LogP contribution in [0.3, 0.4) is 0 Å². The summed E-state index contributed by atoms with van der Waals surface area (Å²) in [6, 6.07) is 9.05. The first-order valence-electron chi connectivity index (χ1n) is 5.89. The van der Waals surface area contributed by atoms with Gasteiger partial charge < -0.3 is 11.1 Å². The zero-order chi connectivity index (χ0) is 13.8. The molecule has 1 aromatic heterocycles. The molecule has 1 heterocycles. The van der Waals surface area contributed by atoms with Crippen LogP contribution in [0.5, 0.6) is 0 Å². The van der Waals surface area contributed by atoms with Crippen LogP contribution in [-0.2, 0) is 0 Å². The Labute approximate surface area is 112 Å². The van der Waals surface area contributed by atoms with E-state index < -0.39 is 0 Å². The third-order valence-electron chi connectivity index (χ3n) is 2.80. The Morgan fingerprint density at radius 1 is 1.26 bits per heavy atom. The van der Waals surface area contributed by atoms with Crippen LogP contribution >= 0.6 is 0 Å². The van der Waals surface area contributed by atoms with Gasteiger partial charge in [-0.15, -0.1) is 0 Å². The van der Waals surface area contributed by atoms with E-state index in [0.717, 1.165) is 11.3 Å². The standard InChI is InChI=1S/C14H16N4O/c1-10-3-5-11(6-4-10)17-14(19)18(2)13-7-8-16-9-12(13)15/h3-9H,15H2,1-2H3,(H,17,19). The number of nitrogens with one attached hydrogen (secondary N) is 1. The molecule has 0 radical (unpaired) electrons. The van der Waals surface area contributed by atoms with Crippen molar-refractivity contribution in [1.29, 1.82) is 0 Å². The lowest BCUT2D eigenvalue weighted by atomic mass is 10.2. The lowest BCUT2D eigenvalue weighted by Crippen LogP contribution is -2.31. The van der Waals surface area contributed by atoms with Crippen molar-refractivity contribution in [2.24, 2.45) is 0 Å². The van der Waals surface area contributed by atoms with Gasteiger partial charge in [-0.05, 0) is 25.1 Å². The number of anilines is 3. The maximum atomic E-state index is 12.1. The predicted molar refractivity (Wildman–Crippen MR) is 77.3 cm³/mol. The Hall–Kier alpha value is -2.56. The number of carbonyl (C=O) groups is 1. The first-order chi connectivity index (χ1) is 9.08. The number of pyridine rings is 1. The Morgan fingerprint density at radius 2 is 1.95 bits per heavy atom. The quantitative estimate of drug-likeness (QED) is 0.867. The molecule has 98 valence electrons. The topological polar surface area (TPSA) is 71.2 Å². The fraction of sp³-hybridized carbons (Fsp3) is 0.143. The Morgan fingerprint density at radius 3 is 2.58 bits per heavy atom. The van der Waals surface area contributed by atoms with Crippen LogP contribution in [-0.4, -0.2) is 18.1 Å². The van der Waals surface area contributed by atoms with Crippen LogP contribution in [0.15, 0.2) is 42.7 Å². The molecule has 0 saturated carbocycles. The predicted octanol–water partition coefficient (Wildman–Crippen LogP) is 2.64.